The Bertz CT molecular complexity index is 2100. The van der Waals surface area contributed by atoms with Crippen molar-refractivity contribution in [2.75, 3.05) is 57.3 Å². The van der Waals surface area contributed by atoms with Crippen molar-refractivity contribution in [2.45, 2.75) is 38.4 Å². The lowest BCUT2D eigenvalue weighted by Gasteiger charge is -2.45. The number of hydrogen-bond donors (Lipinski definition) is 2. The molecule has 4 aromatic carbocycles. The summed E-state index contributed by atoms with van der Waals surface area (Å²) < 4.78 is 0. The number of aromatic hydroxyl groups is 1. The number of piperazine rings is 2. The summed E-state index contributed by atoms with van der Waals surface area (Å²) in [5.41, 5.74) is 8.25. The van der Waals surface area contributed by atoms with Gasteiger partial charge in [0.2, 0.25) is 11.8 Å². The van der Waals surface area contributed by atoms with Crippen molar-refractivity contribution in [3.63, 3.8) is 0 Å². The van der Waals surface area contributed by atoms with Gasteiger partial charge in [-0.2, -0.15) is 0 Å². The summed E-state index contributed by atoms with van der Waals surface area (Å²) in [5, 5.41) is 12.4. The number of rotatable bonds is 7. The van der Waals surface area contributed by atoms with Crippen LogP contribution >= 0.6 is 0 Å². The van der Waals surface area contributed by atoms with Crippen LogP contribution in [0, 0.1) is 0 Å². The van der Waals surface area contributed by atoms with E-state index in [2.05, 4.69) is 70.6 Å². The number of nitrogens with one attached hydrogen (secondary N) is 1. The lowest BCUT2D eigenvalue weighted by atomic mass is 9.88. The summed E-state index contributed by atoms with van der Waals surface area (Å²) in [7, 11) is 0. The van der Waals surface area contributed by atoms with Gasteiger partial charge in [-0.15, -0.1) is 0 Å². The molecule has 0 aliphatic carbocycles. The van der Waals surface area contributed by atoms with Gasteiger partial charge in [0.1, 0.15) is 18.0 Å². The minimum atomic E-state index is -0.726. The molecule has 0 bridgehead atoms. The highest BCUT2D eigenvalue weighted by Crippen LogP contribution is 2.40. The molecule has 0 aromatic heterocycles. The Morgan fingerprint density at radius 2 is 1.31 bits per heavy atom. The molecule has 55 heavy (non-hydrogen) atoms. The Hall–Kier alpha value is -5.94. The van der Waals surface area contributed by atoms with E-state index >= 15 is 0 Å². The molecule has 4 aliphatic heterocycles. The number of carbonyl (C=O) groups excluding carboxylic acids is 4. The molecule has 3 fully saturated rings. The zero-order valence-electron chi connectivity index (χ0n) is 31.1. The SMILES string of the molecule is CCC(=C(c1ccc(O)cc1)c1ccc(N2CCN(C(=O)N3CCN(C4c5ccccc5C(=O)N4C4CCC(=O)NC4=O)CC3)CC2)cc1)c1ccccc1. The van der Waals surface area contributed by atoms with Gasteiger partial charge in [0.15, 0.2) is 0 Å². The van der Waals surface area contributed by atoms with Gasteiger partial charge in [0.25, 0.3) is 5.91 Å². The van der Waals surface area contributed by atoms with Gasteiger partial charge in [-0.25, -0.2) is 4.79 Å². The Kier molecular flexibility index (Phi) is 10.1. The molecule has 2 unspecified atom stereocenters. The van der Waals surface area contributed by atoms with Gasteiger partial charge in [-0.3, -0.25) is 24.6 Å². The third-order valence-corrected chi connectivity index (χ3v) is 11.4. The van der Waals surface area contributed by atoms with Crippen molar-refractivity contribution in [2.24, 2.45) is 0 Å². The van der Waals surface area contributed by atoms with Crippen LogP contribution < -0.4 is 10.2 Å². The molecule has 282 valence electrons. The van der Waals surface area contributed by atoms with Crippen molar-refractivity contribution in [3.05, 3.63) is 131 Å². The summed E-state index contributed by atoms with van der Waals surface area (Å²) in [6.07, 6.45) is 0.904. The second kappa shape index (κ2) is 15.4. The van der Waals surface area contributed by atoms with E-state index in [9.17, 15) is 24.3 Å². The average Bonchev–Trinajstić information content (AvgIpc) is 3.52. The van der Waals surface area contributed by atoms with Crippen LogP contribution in [-0.4, -0.2) is 107 Å². The monoisotopic (exact) mass is 738 g/mol. The summed E-state index contributed by atoms with van der Waals surface area (Å²) in [6, 6.07) is 33.3. The molecule has 0 spiro atoms. The second-order valence-electron chi connectivity index (χ2n) is 14.6. The van der Waals surface area contributed by atoms with Crippen molar-refractivity contribution in [1.29, 1.82) is 0 Å². The van der Waals surface area contributed by atoms with Gasteiger partial charge in [-0.1, -0.05) is 79.7 Å². The van der Waals surface area contributed by atoms with Crippen LogP contribution in [0.3, 0.4) is 0 Å². The first kappa shape index (κ1) is 36.1. The highest BCUT2D eigenvalue weighted by Gasteiger charge is 2.47. The number of phenolic OH excluding ortho intramolecular Hbond substituents is 1. The summed E-state index contributed by atoms with van der Waals surface area (Å²) >= 11 is 0. The molecule has 0 radical (unpaired) electrons. The smallest absolute Gasteiger partial charge is 0.320 e. The highest BCUT2D eigenvalue weighted by atomic mass is 16.3. The fraction of sp³-hybridized carbons (Fsp3) is 0.318. The lowest BCUT2D eigenvalue weighted by Crippen LogP contribution is -2.60. The van der Waals surface area contributed by atoms with E-state index in [0.29, 0.717) is 51.3 Å². The van der Waals surface area contributed by atoms with Crippen molar-refractivity contribution < 1.29 is 24.3 Å². The van der Waals surface area contributed by atoms with E-state index in [1.165, 1.54) is 11.1 Å². The number of allylic oxidation sites excluding steroid dienone is 1. The topological polar surface area (TPSA) is 117 Å². The minimum Gasteiger partial charge on any atom is -0.508 e. The second-order valence-corrected chi connectivity index (χ2v) is 14.6. The number of amides is 5. The Morgan fingerprint density at radius 1 is 0.709 bits per heavy atom. The number of anilines is 1. The number of imide groups is 1. The summed E-state index contributed by atoms with van der Waals surface area (Å²) in [6.45, 7) is 6.97. The number of hydrogen-bond acceptors (Lipinski definition) is 7. The largest absolute Gasteiger partial charge is 0.508 e. The van der Waals surface area contributed by atoms with Crippen molar-refractivity contribution in [1.82, 2.24) is 24.9 Å². The molecule has 11 heteroatoms. The molecular formula is C44H46N6O5. The first-order valence-electron chi connectivity index (χ1n) is 19.3. The predicted molar refractivity (Wildman–Crippen MR) is 211 cm³/mol. The Labute approximate surface area is 321 Å². The molecule has 4 aromatic rings. The molecule has 0 saturated carbocycles. The van der Waals surface area contributed by atoms with E-state index < -0.39 is 18.1 Å². The molecule has 3 saturated heterocycles. The van der Waals surface area contributed by atoms with Crippen LogP contribution in [0.5, 0.6) is 5.75 Å². The zero-order chi connectivity index (χ0) is 38.1. The van der Waals surface area contributed by atoms with E-state index in [1.807, 2.05) is 46.2 Å². The quantitative estimate of drug-likeness (QED) is 0.188. The molecule has 8 rings (SSSR count). The van der Waals surface area contributed by atoms with Crippen molar-refractivity contribution >= 4 is 40.6 Å². The Balaban J connectivity index is 0.913. The number of nitrogens with zero attached hydrogens (tertiary/aromatic N) is 5. The van der Waals surface area contributed by atoms with Crippen LogP contribution in [0.2, 0.25) is 0 Å². The highest BCUT2D eigenvalue weighted by molar-refractivity contribution is 6.06. The number of benzene rings is 4. The fourth-order valence-corrected chi connectivity index (χ4v) is 8.61. The summed E-state index contributed by atoms with van der Waals surface area (Å²) in [4.78, 5) is 62.2. The van der Waals surface area contributed by atoms with Crippen LogP contribution in [0.4, 0.5) is 10.5 Å². The maximum absolute atomic E-state index is 13.8. The van der Waals surface area contributed by atoms with Gasteiger partial charge in [0, 0.05) is 75.6 Å². The van der Waals surface area contributed by atoms with E-state index in [-0.39, 0.29) is 30.0 Å². The third-order valence-electron chi connectivity index (χ3n) is 11.4. The number of urea groups is 1. The molecule has 4 heterocycles. The van der Waals surface area contributed by atoms with Gasteiger partial charge in [-0.05, 0) is 71.0 Å². The predicted octanol–water partition coefficient (Wildman–Crippen LogP) is 5.58. The van der Waals surface area contributed by atoms with Gasteiger partial charge >= 0.3 is 6.03 Å². The first-order chi connectivity index (χ1) is 26.8. The maximum Gasteiger partial charge on any atom is 0.320 e. The number of carbonyl (C=O) groups is 4. The van der Waals surface area contributed by atoms with E-state index in [4.69, 9.17) is 0 Å². The summed E-state index contributed by atoms with van der Waals surface area (Å²) in [5.74, 6) is -0.711. The lowest BCUT2D eigenvalue weighted by molar-refractivity contribution is -0.138. The van der Waals surface area contributed by atoms with Crippen molar-refractivity contribution in [3.8, 4) is 5.75 Å². The van der Waals surface area contributed by atoms with Gasteiger partial charge in [0.05, 0.1) is 0 Å². The molecule has 2 atom stereocenters. The number of phenols is 1. The number of piperidine rings is 1. The zero-order valence-corrected chi connectivity index (χ0v) is 31.1. The standard InChI is InChI=1S/C44H46N6O5/c1-2-35(30-8-4-3-5-9-30)40(32-14-18-34(51)19-15-32)31-12-16-33(17-13-31)46-22-26-48(27-23-46)44(55)49-28-24-47(25-29-49)42-36-10-6-7-11-37(36)43(54)50(42)38-20-21-39(52)45-41(38)53/h3-19,38,42,51H,2,20-29H2,1H3,(H,45,52,53). The van der Waals surface area contributed by atoms with Crippen LogP contribution in [0.1, 0.15) is 65.0 Å². The molecule has 4 aliphatic rings. The third kappa shape index (κ3) is 7.07. The molecule has 11 nitrogen and oxygen atoms in total. The average molecular weight is 739 g/mol. The molecular weight excluding hydrogens is 693 g/mol. The van der Waals surface area contributed by atoms with E-state index in [0.717, 1.165) is 47.5 Å². The van der Waals surface area contributed by atoms with Crippen LogP contribution in [-0.2, 0) is 9.59 Å². The minimum absolute atomic E-state index is 0.0243. The van der Waals surface area contributed by atoms with Crippen LogP contribution in [0.25, 0.3) is 11.1 Å². The van der Waals surface area contributed by atoms with Gasteiger partial charge < -0.3 is 24.7 Å². The Morgan fingerprint density at radius 3 is 1.95 bits per heavy atom. The maximum atomic E-state index is 13.8. The molecule has 5 amide bonds. The molecule has 2 N–H and O–H groups in total. The number of fused-ring (bicyclic) bond motifs is 1. The first-order valence-corrected chi connectivity index (χ1v) is 19.3. The fourth-order valence-electron chi connectivity index (χ4n) is 8.61. The van der Waals surface area contributed by atoms with E-state index in [1.54, 1.807) is 23.1 Å². The van der Waals surface area contributed by atoms with Crippen LogP contribution in [0.15, 0.2) is 103 Å². The normalized spacial score (nSPS) is 21.0.